The number of carboxylic acid groups (broad SMARTS) is 2. The van der Waals surface area contributed by atoms with E-state index in [-0.39, 0.29) is 130 Å². The number of hydrogen-bond acceptors (Lipinski definition) is 21. The van der Waals surface area contributed by atoms with Crippen molar-refractivity contribution in [1.29, 1.82) is 0 Å². The topological polar surface area (TPSA) is 512 Å². The number of aromatic nitrogens is 3. The van der Waals surface area contributed by atoms with Gasteiger partial charge in [0.1, 0.15) is 41.1 Å². The Morgan fingerprint density at radius 3 is 1.94 bits per heavy atom. The largest absolute Gasteiger partial charge is 0.508 e. The number of hydrogen-bond donors (Lipinski definition) is 13. The maximum atomic E-state index is 14.7. The maximum Gasteiger partial charge on any atom is 0.490 e. The van der Waals surface area contributed by atoms with Gasteiger partial charge < -0.3 is 80.8 Å². The average molecular weight is 1800 g/mol. The summed E-state index contributed by atoms with van der Waals surface area (Å²) < 4.78 is 106. The fourth-order valence-corrected chi connectivity index (χ4v) is 21.9. The molecule has 636 valence electrons. The van der Waals surface area contributed by atoms with E-state index in [1.165, 1.54) is 77.8 Å². The molecule has 34 nitrogen and oxygen atoms in total. The van der Waals surface area contributed by atoms with E-state index >= 15 is 0 Å². The number of halogens is 2. The number of fused-ring (bicyclic) bond motifs is 7. The van der Waals surface area contributed by atoms with Gasteiger partial charge in [-0.25, -0.2) is 42.1 Å². The van der Waals surface area contributed by atoms with Crippen molar-refractivity contribution < 1.29 is 117 Å². The van der Waals surface area contributed by atoms with Crippen LogP contribution in [0.4, 0.5) is 17.2 Å². The number of benzene rings is 7. The zero-order valence-corrected chi connectivity index (χ0v) is 70.9. The highest BCUT2D eigenvalue weighted by Crippen LogP contribution is 2.67. The van der Waals surface area contributed by atoms with Crippen LogP contribution in [-0.2, 0) is 67.6 Å². The van der Waals surface area contributed by atoms with Gasteiger partial charge in [-0.05, 0) is 175 Å². The van der Waals surface area contributed by atoms with Crippen LogP contribution in [0.3, 0.4) is 0 Å². The summed E-state index contributed by atoms with van der Waals surface area (Å²) >= 11 is 14.7. The molecule has 16 rings (SSSR count). The van der Waals surface area contributed by atoms with Gasteiger partial charge in [-0.15, -0.1) is 0 Å². The van der Waals surface area contributed by atoms with Crippen LogP contribution in [0.2, 0.25) is 10.0 Å². The number of carbonyl (C=O) groups excluding carboxylic acids is 3. The van der Waals surface area contributed by atoms with Gasteiger partial charge in [-0.2, -0.15) is 17.0 Å². The second kappa shape index (κ2) is 31.5. The van der Waals surface area contributed by atoms with Gasteiger partial charge in [-0.1, -0.05) is 53.3 Å². The summed E-state index contributed by atoms with van der Waals surface area (Å²) in [4.78, 5) is 120. The normalized spacial score (nSPS) is 17.5. The van der Waals surface area contributed by atoms with E-state index in [1.807, 2.05) is 26.0 Å². The summed E-state index contributed by atoms with van der Waals surface area (Å²) in [5.41, 5.74) is 13.3. The SMILES string of the molecule is CC1=CC(C)(C)N2CCCc3c2c1cc1c(-c2c(Cl)cc(C(=O)NCc4ccc(C(=O)NCc5c(O)ccc6c(-c7cc(C(=O)NCC#Cc8cn(C9CCC(COP(=O)(O)OP(=O)(O)OP(=O)(O)O)O9)c9ncnc(N)c89)ccc7C(=O)O)c7ccc(O)cc7[o+]c56)cc4S(=O)(=O)O)c(Cl)c2C(=O)O)c2cc4c5c(c2[o+]c31)CCCN5C(C)(C)C=C4C. The van der Waals surface area contributed by atoms with Crippen LogP contribution in [0.25, 0.3) is 88.3 Å². The van der Waals surface area contributed by atoms with Gasteiger partial charge >= 0.3 is 57.7 Å². The summed E-state index contributed by atoms with van der Waals surface area (Å²) in [6.07, 6.45) is 8.64. The number of phenolic OH excluding ortho intramolecular Hbond substituents is 2. The molecule has 0 radical (unpaired) electrons. The smallest absolute Gasteiger partial charge is 0.490 e. The van der Waals surface area contributed by atoms with E-state index in [0.29, 0.717) is 40.3 Å². The van der Waals surface area contributed by atoms with Crippen molar-refractivity contribution in [1.82, 2.24) is 30.5 Å². The third kappa shape index (κ3) is 15.9. The fraction of sp³-hybridized carbons (Fsp3) is 0.265. The van der Waals surface area contributed by atoms with Gasteiger partial charge in [0.2, 0.25) is 0 Å². The number of nitrogens with one attached hydrogen (secondary N) is 3. The number of carboxylic acids is 2. The zero-order valence-electron chi connectivity index (χ0n) is 65.9. The number of rotatable bonds is 21. The molecule has 14 N–H and O–H groups in total. The molecule has 40 heteroatoms. The molecule has 9 heterocycles. The van der Waals surface area contributed by atoms with Gasteiger partial charge in [0, 0.05) is 64.8 Å². The van der Waals surface area contributed by atoms with Crippen LogP contribution in [0, 0.1) is 11.8 Å². The van der Waals surface area contributed by atoms with E-state index in [1.54, 1.807) is 0 Å². The fourth-order valence-electron chi connectivity index (χ4n) is 17.5. The third-order valence-electron chi connectivity index (χ3n) is 22.5. The molecule has 1 saturated heterocycles. The molecule has 4 atom stereocenters. The summed E-state index contributed by atoms with van der Waals surface area (Å²) in [5, 5.41) is 53.6. The summed E-state index contributed by atoms with van der Waals surface area (Å²) in [7, 11) is -22.1. The quantitative estimate of drug-likeness (QED) is 0.0104. The standard InChI is InChI=1S/C83H74Cl2N9O25P3S/c1-39-32-82(3,4)93-24-8-11-50-70(93)52(39)29-55-66(56-30-53-40(2)33-83(5,6)94-25-9-12-51(71(53)94)74(56)117-73(50)55)67-59(84)31-57(69(85)68(67)81(102)103)79(99)88-34-43-14-13-42(27-62(43)123(111,112)113)78(98)89-35-58-60(96)21-20-49-65(48-19-16-45(95)28-61(48)116-72(49)58)54-26-41(15-18-47(54)80(100)101)77(97)87-23-7-10-44-36-92(76-64(44)75(86)90-38-91-76)63-22-17-46(115-63)37-114-121(107,108)119-122(109,110)118-120(104,105)106/h13-16,18-21,26-33,36,38,46,63H,8-9,11-12,17,22-25,34-35,37H2,1-6H3,(H12-2,86,87,88,89,90,91,95,96,97,98,99,100,101,102,103,104,105,106,107,108,109,110,111,112,113)/p+2. The van der Waals surface area contributed by atoms with Crippen molar-refractivity contribution in [3.8, 4) is 45.6 Å². The predicted octanol–water partition coefficient (Wildman–Crippen LogP) is 14.6. The lowest BCUT2D eigenvalue weighted by molar-refractivity contribution is -0.0202. The lowest BCUT2D eigenvalue weighted by Gasteiger charge is -2.46. The average Bonchev–Trinajstić information content (AvgIpc) is 0.777. The number of nitrogen functional groups attached to an aromatic ring is 1. The van der Waals surface area contributed by atoms with E-state index < -0.39 is 122 Å². The second-order valence-corrected chi connectivity index (χ2v) is 38.0. The Hall–Kier alpha value is -11.3. The lowest BCUT2D eigenvalue weighted by Crippen LogP contribution is -2.48. The number of phenols is 2. The molecular formula is C83H76Cl2N9O25P3S+2. The molecule has 7 aromatic carbocycles. The molecule has 0 aliphatic carbocycles. The highest BCUT2D eigenvalue weighted by Gasteiger charge is 2.46. The molecule has 123 heavy (non-hydrogen) atoms. The van der Waals surface area contributed by atoms with Gasteiger partial charge in [0.25, 0.3) is 27.8 Å². The van der Waals surface area contributed by atoms with Crippen LogP contribution < -0.4 is 31.5 Å². The van der Waals surface area contributed by atoms with Crippen molar-refractivity contribution >= 4 is 170 Å². The molecule has 5 aliphatic rings. The Morgan fingerprint density at radius 2 is 1.31 bits per heavy atom. The van der Waals surface area contributed by atoms with Gasteiger partial charge in [0.15, 0.2) is 0 Å². The molecule has 5 aliphatic heterocycles. The molecule has 11 aromatic rings. The highest BCUT2D eigenvalue weighted by molar-refractivity contribution is 7.86. The van der Waals surface area contributed by atoms with Crippen LogP contribution in [0.15, 0.2) is 123 Å². The first-order valence-corrected chi connectivity index (χ1v) is 44.9. The van der Waals surface area contributed by atoms with Crippen LogP contribution in [0.5, 0.6) is 11.5 Å². The first-order chi connectivity index (χ1) is 58.0. The van der Waals surface area contributed by atoms with E-state index in [0.717, 1.165) is 82.8 Å². The van der Waals surface area contributed by atoms with Crippen molar-refractivity contribution in [3.05, 3.63) is 186 Å². The second-order valence-electron chi connectivity index (χ2n) is 31.4. The molecule has 1 fully saturated rings. The number of anilines is 3. The summed E-state index contributed by atoms with van der Waals surface area (Å²) in [5.74, 6) is -0.727. The number of nitrogens with two attached hydrogens (primary N) is 1. The molecule has 4 aromatic heterocycles. The highest BCUT2D eigenvalue weighted by atomic mass is 35.5. The van der Waals surface area contributed by atoms with Crippen LogP contribution in [0.1, 0.15) is 164 Å². The molecule has 0 saturated carbocycles. The number of amides is 3. The number of ether oxygens (including phenoxy) is 1. The predicted molar refractivity (Wildman–Crippen MR) is 454 cm³/mol. The number of nitrogens with zero attached hydrogens (tertiary/aromatic N) is 5. The lowest BCUT2D eigenvalue weighted by atomic mass is 9.79. The molecule has 0 spiro atoms. The van der Waals surface area contributed by atoms with E-state index in [9.17, 15) is 80.9 Å². The number of phosphoric ester groups is 1. The Labute approximate surface area is 708 Å². The minimum atomic E-state index is -5.78. The number of aromatic carboxylic acids is 2. The van der Waals surface area contributed by atoms with Crippen molar-refractivity contribution in [2.45, 2.75) is 121 Å². The van der Waals surface area contributed by atoms with Gasteiger partial charge in [-0.3, -0.25) is 23.5 Å². The zero-order chi connectivity index (χ0) is 88.0. The summed E-state index contributed by atoms with van der Waals surface area (Å²) in [6, 6.07) is 18.7. The molecule has 4 unspecified atom stereocenters. The Morgan fingerprint density at radius 1 is 0.683 bits per heavy atom. The monoisotopic (exact) mass is 1790 g/mol. The minimum Gasteiger partial charge on any atom is -0.508 e. The third-order valence-corrected chi connectivity index (χ3v) is 28.0. The number of allylic oxidation sites excluding steroid dienone is 2. The summed E-state index contributed by atoms with van der Waals surface area (Å²) in [6.45, 7) is 12.1. The van der Waals surface area contributed by atoms with E-state index in [2.05, 4.69) is 96.0 Å². The minimum absolute atomic E-state index is 0.00547. The van der Waals surface area contributed by atoms with Crippen molar-refractivity contribution in [3.63, 3.8) is 0 Å². The van der Waals surface area contributed by atoms with Crippen molar-refractivity contribution in [2.24, 2.45) is 0 Å². The number of aromatic hydroxyl groups is 2. The number of phosphoric acid groups is 3. The van der Waals surface area contributed by atoms with Crippen LogP contribution >= 0.6 is 46.7 Å². The molecule has 3 amide bonds. The Kier molecular flexibility index (Phi) is 21.9. The maximum absolute atomic E-state index is 14.7. The Bertz CT molecular complexity index is 6850. The van der Waals surface area contributed by atoms with Crippen molar-refractivity contribution in [2.75, 3.05) is 41.8 Å². The van der Waals surface area contributed by atoms with E-state index in [4.69, 9.17) is 56.8 Å². The first kappa shape index (κ1) is 85.3. The number of carbonyl (C=O) groups is 5. The first-order valence-electron chi connectivity index (χ1n) is 38.2. The Balaban J connectivity index is 0.656. The van der Waals surface area contributed by atoms with Gasteiger partial charge in [0.05, 0.1) is 130 Å². The number of aryl methyl sites for hydroxylation is 2. The molecular weight excluding hydrogens is 1720 g/mol. The molecule has 0 bridgehead atoms. The van der Waals surface area contributed by atoms with Crippen LogP contribution in [-0.4, -0.2) is 141 Å².